The second-order valence-electron chi connectivity index (χ2n) is 4.68. The van der Waals surface area contributed by atoms with Crippen LogP contribution < -0.4 is 10.5 Å². The Labute approximate surface area is 114 Å². The predicted molar refractivity (Wildman–Crippen MR) is 77.3 cm³/mol. The maximum atomic E-state index is 5.85. The molecule has 0 radical (unpaired) electrons. The number of hydrogen-bond acceptors (Lipinski definition) is 3. The first-order chi connectivity index (χ1) is 9.29. The molecule has 1 aromatic heterocycles. The number of aryl methyl sites for hydroxylation is 1. The van der Waals surface area contributed by atoms with E-state index in [1.165, 1.54) is 11.1 Å². The SMILES string of the molecule is Cc1ccc(OCC(CCN)c2cccnc2)cc1. The standard InChI is InChI=1S/C16H20N2O/c1-13-4-6-16(7-5-13)19-12-15(8-9-17)14-3-2-10-18-11-14/h2-7,10-11,15H,8-9,12,17H2,1H3. The molecule has 19 heavy (non-hydrogen) atoms. The first-order valence-corrected chi connectivity index (χ1v) is 6.59. The van der Waals surface area contributed by atoms with Crippen LogP contribution in [0.1, 0.15) is 23.5 Å². The van der Waals surface area contributed by atoms with E-state index >= 15 is 0 Å². The first-order valence-electron chi connectivity index (χ1n) is 6.59. The summed E-state index contributed by atoms with van der Waals surface area (Å²) in [5.41, 5.74) is 8.09. The molecule has 1 atom stereocenters. The Kier molecular flexibility index (Phi) is 4.93. The van der Waals surface area contributed by atoms with Gasteiger partial charge in [0.15, 0.2) is 0 Å². The van der Waals surface area contributed by atoms with Gasteiger partial charge in [0.2, 0.25) is 0 Å². The van der Waals surface area contributed by atoms with Crippen LogP contribution in [0, 0.1) is 6.92 Å². The van der Waals surface area contributed by atoms with E-state index in [0.717, 1.165) is 12.2 Å². The molecule has 0 spiro atoms. The molecule has 3 nitrogen and oxygen atoms in total. The predicted octanol–water partition coefficient (Wildman–Crippen LogP) is 2.90. The lowest BCUT2D eigenvalue weighted by Gasteiger charge is -2.17. The lowest BCUT2D eigenvalue weighted by atomic mass is 9.98. The number of aromatic nitrogens is 1. The van der Waals surface area contributed by atoms with E-state index in [1.54, 1.807) is 6.20 Å². The Balaban J connectivity index is 1.99. The van der Waals surface area contributed by atoms with E-state index in [0.29, 0.717) is 19.1 Å². The Morgan fingerprint density at radius 2 is 2.00 bits per heavy atom. The minimum Gasteiger partial charge on any atom is -0.493 e. The number of ether oxygens (including phenoxy) is 1. The molecule has 0 saturated carbocycles. The number of nitrogens with two attached hydrogens (primary N) is 1. The Hall–Kier alpha value is -1.87. The number of hydrogen-bond donors (Lipinski definition) is 1. The fraction of sp³-hybridized carbons (Fsp3) is 0.312. The van der Waals surface area contributed by atoms with Gasteiger partial charge in [0.1, 0.15) is 5.75 Å². The maximum absolute atomic E-state index is 5.85. The summed E-state index contributed by atoms with van der Waals surface area (Å²) in [4.78, 5) is 4.16. The zero-order valence-electron chi connectivity index (χ0n) is 11.3. The van der Waals surface area contributed by atoms with Crippen LogP contribution in [0.5, 0.6) is 5.75 Å². The van der Waals surface area contributed by atoms with Crippen molar-refractivity contribution < 1.29 is 4.74 Å². The molecule has 0 aliphatic rings. The number of rotatable bonds is 6. The minimum atomic E-state index is 0.292. The molecule has 2 rings (SSSR count). The molecule has 0 aliphatic heterocycles. The fourth-order valence-corrected chi connectivity index (χ4v) is 2.00. The van der Waals surface area contributed by atoms with Crippen molar-refractivity contribution in [1.29, 1.82) is 0 Å². The molecule has 3 heteroatoms. The summed E-state index contributed by atoms with van der Waals surface area (Å²) in [6, 6.07) is 12.1. The molecule has 2 aromatic rings. The van der Waals surface area contributed by atoms with Crippen LogP contribution in [-0.2, 0) is 0 Å². The third-order valence-electron chi connectivity index (χ3n) is 3.14. The summed E-state index contributed by atoms with van der Waals surface area (Å²) >= 11 is 0. The quantitative estimate of drug-likeness (QED) is 0.864. The molecule has 100 valence electrons. The van der Waals surface area contributed by atoms with Crippen molar-refractivity contribution in [3.8, 4) is 5.75 Å². The van der Waals surface area contributed by atoms with Gasteiger partial charge in [0.25, 0.3) is 0 Å². The largest absolute Gasteiger partial charge is 0.493 e. The molecular weight excluding hydrogens is 236 g/mol. The van der Waals surface area contributed by atoms with Crippen LogP contribution in [0.15, 0.2) is 48.8 Å². The van der Waals surface area contributed by atoms with Crippen LogP contribution in [-0.4, -0.2) is 18.1 Å². The molecule has 1 aromatic carbocycles. The average molecular weight is 256 g/mol. The summed E-state index contributed by atoms with van der Waals surface area (Å²) in [7, 11) is 0. The highest BCUT2D eigenvalue weighted by molar-refractivity contribution is 5.26. The van der Waals surface area contributed by atoms with E-state index in [2.05, 4.69) is 30.1 Å². The van der Waals surface area contributed by atoms with Crippen molar-refractivity contribution in [1.82, 2.24) is 4.98 Å². The number of pyridine rings is 1. The molecule has 1 heterocycles. The highest BCUT2D eigenvalue weighted by atomic mass is 16.5. The second kappa shape index (κ2) is 6.90. The molecule has 0 aliphatic carbocycles. The third kappa shape index (κ3) is 4.07. The maximum Gasteiger partial charge on any atom is 0.119 e. The Bertz CT molecular complexity index is 482. The monoisotopic (exact) mass is 256 g/mol. The smallest absolute Gasteiger partial charge is 0.119 e. The molecule has 0 saturated heterocycles. The molecule has 1 unspecified atom stereocenters. The van der Waals surface area contributed by atoms with Crippen molar-refractivity contribution in [3.05, 3.63) is 59.9 Å². The van der Waals surface area contributed by atoms with E-state index in [-0.39, 0.29) is 0 Å². The van der Waals surface area contributed by atoms with Crippen molar-refractivity contribution in [2.75, 3.05) is 13.2 Å². The minimum absolute atomic E-state index is 0.292. The van der Waals surface area contributed by atoms with Crippen LogP contribution in [0.4, 0.5) is 0 Å². The van der Waals surface area contributed by atoms with Crippen molar-refractivity contribution in [2.45, 2.75) is 19.3 Å². The van der Waals surface area contributed by atoms with E-state index in [9.17, 15) is 0 Å². The van der Waals surface area contributed by atoms with Gasteiger partial charge in [0.05, 0.1) is 6.61 Å². The van der Waals surface area contributed by atoms with Gasteiger partial charge >= 0.3 is 0 Å². The normalized spacial score (nSPS) is 12.1. The Morgan fingerprint density at radius 3 is 2.63 bits per heavy atom. The highest BCUT2D eigenvalue weighted by Gasteiger charge is 2.11. The van der Waals surface area contributed by atoms with Gasteiger partial charge in [-0.25, -0.2) is 0 Å². The topological polar surface area (TPSA) is 48.1 Å². The summed E-state index contributed by atoms with van der Waals surface area (Å²) in [5, 5.41) is 0. The van der Waals surface area contributed by atoms with Gasteiger partial charge in [0, 0.05) is 18.3 Å². The number of benzene rings is 1. The van der Waals surface area contributed by atoms with Crippen molar-refractivity contribution in [3.63, 3.8) is 0 Å². The van der Waals surface area contributed by atoms with Gasteiger partial charge in [-0.15, -0.1) is 0 Å². The van der Waals surface area contributed by atoms with Crippen LogP contribution in [0.2, 0.25) is 0 Å². The lowest BCUT2D eigenvalue weighted by molar-refractivity contribution is 0.282. The molecular formula is C16H20N2O. The van der Waals surface area contributed by atoms with Crippen molar-refractivity contribution >= 4 is 0 Å². The first kappa shape index (κ1) is 13.6. The molecule has 0 fully saturated rings. The summed E-state index contributed by atoms with van der Waals surface area (Å²) in [5.74, 6) is 1.19. The summed E-state index contributed by atoms with van der Waals surface area (Å²) in [6.07, 6.45) is 4.57. The van der Waals surface area contributed by atoms with Crippen LogP contribution in [0.3, 0.4) is 0 Å². The molecule has 2 N–H and O–H groups in total. The highest BCUT2D eigenvalue weighted by Crippen LogP contribution is 2.20. The van der Waals surface area contributed by atoms with Gasteiger partial charge in [-0.3, -0.25) is 4.98 Å². The summed E-state index contributed by atoms with van der Waals surface area (Å²) < 4.78 is 5.85. The van der Waals surface area contributed by atoms with Crippen LogP contribution >= 0.6 is 0 Å². The van der Waals surface area contributed by atoms with E-state index < -0.39 is 0 Å². The van der Waals surface area contributed by atoms with Gasteiger partial charge < -0.3 is 10.5 Å². The van der Waals surface area contributed by atoms with Gasteiger partial charge in [-0.05, 0) is 43.7 Å². The zero-order valence-corrected chi connectivity index (χ0v) is 11.3. The average Bonchev–Trinajstić information content (AvgIpc) is 2.46. The zero-order chi connectivity index (χ0) is 13.5. The fourth-order valence-electron chi connectivity index (χ4n) is 2.00. The molecule has 0 amide bonds. The van der Waals surface area contributed by atoms with Crippen LogP contribution in [0.25, 0.3) is 0 Å². The molecule has 0 bridgehead atoms. The third-order valence-corrected chi connectivity index (χ3v) is 3.14. The van der Waals surface area contributed by atoms with E-state index in [4.69, 9.17) is 10.5 Å². The van der Waals surface area contributed by atoms with Crippen molar-refractivity contribution in [2.24, 2.45) is 5.73 Å². The second-order valence-corrected chi connectivity index (χ2v) is 4.68. The van der Waals surface area contributed by atoms with Gasteiger partial charge in [-0.1, -0.05) is 23.8 Å². The lowest BCUT2D eigenvalue weighted by Crippen LogP contribution is -2.15. The summed E-state index contributed by atoms with van der Waals surface area (Å²) in [6.45, 7) is 3.35. The van der Waals surface area contributed by atoms with Gasteiger partial charge in [-0.2, -0.15) is 0 Å². The Morgan fingerprint density at radius 1 is 1.21 bits per heavy atom. The number of nitrogens with zero attached hydrogens (tertiary/aromatic N) is 1. The van der Waals surface area contributed by atoms with E-state index in [1.807, 2.05) is 24.4 Å².